The second-order valence-electron chi connectivity index (χ2n) is 7.01. The predicted octanol–water partition coefficient (Wildman–Crippen LogP) is 3.96. The topological polar surface area (TPSA) is 66.0 Å². The second-order valence-corrected chi connectivity index (χ2v) is 7.01. The number of nitrogens with one attached hydrogen (secondary N) is 2. The Kier molecular flexibility index (Phi) is 4.95. The largest absolute Gasteiger partial charge is 0.372 e. The van der Waals surface area contributed by atoms with Gasteiger partial charge in [-0.05, 0) is 56.4 Å². The fraction of sp³-hybridized carbons (Fsp3) is 0.526. The summed E-state index contributed by atoms with van der Waals surface area (Å²) in [5, 5.41) is 14.9. The predicted molar refractivity (Wildman–Crippen MR) is 101 cm³/mol. The lowest BCUT2D eigenvalue weighted by Gasteiger charge is -2.28. The number of nitrogens with zero attached hydrogens (tertiary/aromatic N) is 4. The average Bonchev–Trinajstić information content (AvgIpc) is 3.16. The van der Waals surface area contributed by atoms with Gasteiger partial charge in [0.05, 0.1) is 6.20 Å². The van der Waals surface area contributed by atoms with Gasteiger partial charge in [0.2, 0.25) is 5.95 Å². The summed E-state index contributed by atoms with van der Waals surface area (Å²) in [5.74, 6) is 1.34. The summed E-state index contributed by atoms with van der Waals surface area (Å²) < 4.78 is 0. The van der Waals surface area contributed by atoms with Crippen LogP contribution in [-0.2, 0) is 0 Å². The fourth-order valence-electron chi connectivity index (χ4n) is 3.74. The Morgan fingerprint density at radius 3 is 2.44 bits per heavy atom. The van der Waals surface area contributed by atoms with E-state index >= 15 is 0 Å². The molecule has 6 heteroatoms. The van der Waals surface area contributed by atoms with Crippen LogP contribution in [-0.4, -0.2) is 34.3 Å². The van der Waals surface area contributed by atoms with Crippen molar-refractivity contribution in [3.05, 3.63) is 30.5 Å². The first-order valence-electron chi connectivity index (χ1n) is 9.45. The SMILES string of the molecule is c1cc(N2CCCCC2)ccc1Nc1nncc(NC2CCCC2)n1. The fourth-order valence-corrected chi connectivity index (χ4v) is 3.74. The van der Waals surface area contributed by atoms with Crippen molar-refractivity contribution >= 4 is 23.1 Å². The molecule has 0 radical (unpaired) electrons. The quantitative estimate of drug-likeness (QED) is 0.860. The number of benzene rings is 1. The molecule has 1 saturated carbocycles. The number of hydrogen-bond donors (Lipinski definition) is 2. The summed E-state index contributed by atoms with van der Waals surface area (Å²) in [4.78, 5) is 6.99. The number of piperidine rings is 1. The van der Waals surface area contributed by atoms with Crippen LogP contribution in [0.5, 0.6) is 0 Å². The molecule has 0 bridgehead atoms. The zero-order valence-corrected chi connectivity index (χ0v) is 14.6. The molecule has 1 aromatic heterocycles. The molecule has 2 fully saturated rings. The van der Waals surface area contributed by atoms with Gasteiger partial charge in [-0.25, -0.2) is 0 Å². The van der Waals surface area contributed by atoms with Crippen LogP contribution in [0.15, 0.2) is 30.5 Å². The van der Waals surface area contributed by atoms with E-state index in [9.17, 15) is 0 Å². The molecule has 1 saturated heterocycles. The third-order valence-electron chi connectivity index (χ3n) is 5.11. The first kappa shape index (κ1) is 16.1. The molecule has 2 heterocycles. The van der Waals surface area contributed by atoms with Gasteiger partial charge in [0.15, 0.2) is 5.82 Å². The molecule has 6 nitrogen and oxygen atoms in total. The average molecular weight is 338 g/mol. The van der Waals surface area contributed by atoms with E-state index < -0.39 is 0 Å². The van der Waals surface area contributed by atoms with Gasteiger partial charge in [-0.15, -0.1) is 5.10 Å². The van der Waals surface area contributed by atoms with Crippen molar-refractivity contribution in [2.45, 2.75) is 51.0 Å². The van der Waals surface area contributed by atoms with E-state index in [1.165, 1.54) is 50.6 Å². The highest BCUT2D eigenvalue weighted by atomic mass is 15.3. The Bertz CT molecular complexity index is 675. The van der Waals surface area contributed by atoms with Crippen LogP contribution >= 0.6 is 0 Å². The van der Waals surface area contributed by atoms with Gasteiger partial charge in [-0.2, -0.15) is 10.1 Å². The van der Waals surface area contributed by atoms with Gasteiger partial charge in [0.25, 0.3) is 0 Å². The van der Waals surface area contributed by atoms with E-state index in [0.29, 0.717) is 12.0 Å². The molecular weight excluding hydrogens is 312 g/mol. The summed E-state index contributed by atoms with van der Waals surface area (Å²) in [7, 11) is 0. The highest BCUT2D eigenvalue weighted by Gasteiger charge is 2.15. The second kappa shape index (κ2) is 7.68. The van der Waals surface area contributed by atoms with E-state index in [-0.39, 0.29) is 0 Å². The minimum absolute atomic E-state index is 0.522. The zero-order chi connectivity index (χ0) is 16.9. The van der Waals surface area contributed by atoms with Crippen LogP contribution in [0.3, 0.4) is 0 Å². The third kappa shape index (κ3) is 4.18. The van der Waals surface area contributed by atoms with Crippen LogP contribution in [0.1, 0.15) is 44.9 Å². The summed E-state index contributed by atoms with van der Waals surface area (Å²) in [6.07, 6.45) is 10.7. The molecule has 2 N–H and O–H groups in total. The van der Waals surface area contributed by atoms with Crippen molar-refractivity contribution < 1.29 is 0 Å². The maximum absolute atomic E-state index is 4.54. The number of anilines is 4. The highest BCUT2D eigenvalue weighted by molar-refractivity contribution is 5.59. The van der Waals surface area contributed by atoms with Crippen LogP contribution in [0.2, 0.25) is 0 Å². The van der Waals surface area contributed by atoms with Gasteiger partial charge < -0.3 is 15.5 Å². The normalized spacial score (nSPS) is 18.3. The molecule has 0 atom stereocenters. The van der Waals surface area contributed by atoms with E-state index in [0.717, 1.165) is 24.6 Å². The Morgan fingerprint density at radius 1 is 0.920 bits per heavy atom. The van der Waals surface area contributed by atoms with Gasteiger partial charge in [-0.3, -0.25) is 0 Å². The van der Waals surface area contributed by atoms with Crippen molar-refractivity contribution in [3.63, 3.8) is 0 Å². The molecule has 1 aliphatic heterocycles. The van der Waals surface area contributed by atoms with Gasteiger partial charge in [0.1, 0.15) is 0 Å². The lowest BCUT2D eigenvalue weighted by Crippen LogP contribution is -2.29. The van der Waals surface area contributed by atoms with Crippen LogP contribution in [0.4, 0.5) is 23.1 Å². The molecule has 1 aromatic carbocycles. The van der Waals surface area contributed by atoms with Gasteiger partial charge in [0, 0.05) is 30.5 Å². The van der Waals surface area contributed by atoms with E-state index in [1.807, 2.05) is 0 Å². The van der Waals surface area contributed by atoms with Crippen molar-refractivity contribution in [1.82, 2.24) is 15.2 Å². The van der Waals surface area contributed by atoms with E-state index in [1.54, 1.807) is 6.20 Å². The first-order chi connectivity index (χ1) is 12.4. The maximum atomic E-state index is 4.54. The Balaban J connectivity index is 1.39. The minimum Gasteiger partial charge on any atom is -0.372 e. The number of rotatable bonds is 5. The first-order valence-corrected chi connectivity index (χ1v) is 9.45. The minimum atomic E-state index is 0.522. The van der Waals surface area contributed by atoms with Crippen LogP contribution < -0.4 is 15.5 Å². The molecule has 4 rings (SSSR count). The molecule has 0 amide bonds. The molecule has 1 aliphatic carbocycles. The van der Waals surface area contributed by atoms with Crippen molar-refractivity contribution in [2.24, 2.45) is 0 Å². The van der Waals surface area contributed by atoms with E-state index in [4.69, 9.17) is 0 Å². The van der Waals surface area contributed by atoms with E-state index in [2.05, 4.69) is 55.0 Å². The van der Waals surface area contributed by atoms with Crippen molar-refractivity contribution in [2.75, 3.05) is 28.6 Å². The lowest BCUT2D eigenvalue weighted by molar-refractivity contribution is 0.578. The number of aromatic nitrogens is 3. The summed E-state index contributed by atoms with van der Waals surface area (Å²) in [6, 6.07) is 9.03. The van der Waals surface area contributed by atoms with Gasteiger partial charge >= 0.3 is 0 Å². The number of hydrogen-bond acceptors (Lipinski definition) is 6. The van der Waals surface area contributed by atoms with Crippen LogP contribution in [0, 0.1) is 0 Å². The smallest absolute Gasteiger partial charge is 0.249 e. The molecule has 25 heavy (non-hydrogen) atoms. The molecular formula is C19H26N6. The molecule has 0 spiro atoms. The summed E-state index contributed by atoms with van der Waals surface area (Å²) >= 11 is 0. The zero-order valence-electron chi connectivity index (χ0n) is 14.6. The molecule has 2 aromatic rings. The Morgan fingerprint density at radius 2 is 1.68 bits per heavy atom. The highest BCUT2D eigenvalue weighted by Crippen LogP contribution is 2.24. The molecule has 2 aliphatic rings. The molecule has 132 valence electrons. The van der Waals surface area contributed by atoms with Crippen LogP contribution in [0.25, 0.3) is 0 Å². The standard InChI is InChI=1S/C19H26N6/c1-4-12-25(13-5-1)17-10-8-16(9-11-17)22-19-23-18(14-20-24-19)21-15-6-2-3-7-15/h8-11,14-15H,1-7,12-13H2,(H2,21,22,23,24). The Hall–Kier alpha value is -2.37. The summed E-state index contributed by atoms with van der Waals surface area (Å²) in [6.45, 7) is 2.32. The Labute approximate surface area is 149 Å². The summed E-state index contributed by atoms with van der Waals surface area (Å²) in [5.41, 5.74) is 2.28. The monoisotopic (exact) mass is 338 g/mol. The third-order valence-corrected chi connectivity index (χ3v) is 5.11. The molecule has 0 unspecified atom stereocenters. The van der Waals surface area contributed by atoms with Crippen molar-refractivity contribution in [1.29, 1.82) is 0 Å². The van der Waals surface area contributed by atoms with Crippen molar-refractivity contribution in [3.8, 4) is 0 Å². The lowest BCUT2D eigenvalue weighted by atomic mass is 10.1. The maximum Gasteiger partial charge on any atom is 0.249 e. The van der Waals surface area contributed by atoms with Gasteiger partial charge in [-0.1, -0.05) is 12.8 Å².